The largest absolute Gasteiger partial charge is 0.504 e. The molecular formula is C10H14FNO2. The number of phenols is 1. The second-order valence-electron chi connectivity index (χ2n) is 3.01. The molecule has 0 aromatic heterocycles. The first kappa shape index (κ1) is 10.8. The fraction of sp³-hybridized carbons (Fsp3) is 0.400. The molecule has 0 atom stereocenters. The van der Waals surface area contributed by atoms with Gasteiger partial charge in [0, 0.05) is 6.07 Å². The molecule has 0 aliphatic rings. The van der Waals surface area contributed by atoms with Gasteiger partial charge in [-0.25, -0.2) is 4.39 Å². The standard InChI is InChI=1S/C10H14FNO2/c1-14-10-6-8(11)7(3-2-4-12)5-9(10)13/h5-6,13H,2-4,12H2,1H3. The second-order valence-corrected chi connectivity index (χ2v) is 3.01. The van der Waals surface area contributed by atoms with Gasteiger partial charge in [0.15, 0.2) is 11.5 Å². The number of ether oxygens (including phenoxy) is 1. The van der Waals surface area contributed by atoms with Crippen molar-refractivity contribution < 1.29 is 14.2 Å². The minimum Gasteiger partial charge on any atom is -0.504 e. The fourth-order valence-corrected chi connectivity index (χ4v) is 1.23. The van der Waals surface area contributed by atoms with Crippen LogP contribution < -0.4 is 10.5 Å². The van der Waals surface area contributed by atoms with Gasteiger partial charge in [0.2, 0.25) is 0 Å². The number of aromatic hydroxyl groups is 1. The van der Waals surface area contributed by atoms with Crippen molar-refractivity contribution in [1.29, 1.82) is 0 Å². The van der Waals surface area contributed by atoms with E-state index in [0.717, 1.165) is 0 Å². The first-order chi connectivity index (χ1) is 6.69. The molecule has 0 unspecified atom stereocenters. The van der Waals surface area contributed by atoms with Gasteiger partial charge >= 0.3 is 0 Å². The molecule has 0 fully saturated rings. The number of rotatable bonds is 4. The van der Waals surface area contributed by atoms with Gasteiger partial charge in [-0.3, -0.25) is 0 Å². The molecule has 3 N–H and O–H groups in total. The van der Waals surface area contributed by atoms with Crippen molar-refractivity contribution in [1.82, 2.24) is 0 Å². The summed E-state index contributed by atoms with van der Waals surface area (Å²) in [5.74, 6) is -0.256. The highest BCUT2D eigenvalue weighted by Gasteiger charge is 2.08. The van der Waals surface area contributed by atoms with E-state index < -0.39 is 0 Å². The molecule has 0 aliphatic carbocycles. The van der Waals surface area contributed by atoms with E-state index >= 15 is 0 Å². The fourth-order valence-electron chi connectivity index (χ4n) is 1.23. The number of halogens is 1. The van der Waals surface area contributed by atoms with Crippen LogP contribution in [0.4, 0.5) is 4.39 Å². The summed E-state index contributed by atoms with van der Waals surface area (Å²) in [5.41, 5.74) is 5.78. The van der Waals surface area contributed by atoms with E-state index in [2.05, 4.69) is 0 Å². The normalized spacial score (nSPS) is 10.2. The highest BCUT2D eigenvalue weighted by Crippen LogP contribution is 2.29. The Balaban J connectivity index is 2.90. The lowest BCUT2D eigenvalue weighted by Gasteiger charge is -2.07. The van der Waals surface area contributed by atoms with Crippen molar-refractivity contribution in [2.24, 2.45) is 5.73 Å². The number of benzene rings is 1. The van der Waals surface area contributed by atoms with Gasteiger partial charge in [-0.05, 0) is 31.0 Å². The first-order valence-electron chi connectivity index (χ1n) is 4.44. The predicted molar refractivity (Wildman–Crippen MR) is 52.0 cm³/mol. The minimum absolute atomic E-state index is 0.0408. The minimum atomic E-state index is -0.367. The zero-order chi connectivity index (χ0) is 10.6. The quantitative estimate of drug-likeness (QED) is 0.771. The van der Waals surface area contributed by atoms with Gasteiger partial charge in [-0.2, -0.15) is 0 Å². The Morgan fingerprint density at radius 2 is 2.21 bits per heavy atom. The summed E-state index contributed by atoms with van der Waals surface area (Å²) < 4.78 is 18.1. The first-order valence-corrected chi connectivity index (χ1v) is 4.44. The lowest BCUT2D eigenvalue weighted by Crippen LogP contribution is -2.01. The number of phenolic OH excluding ortho intramolecular Hbond substituents is 1. The van der Waals surface area contributed by atoms with Gasteiger partial charge in [0.1, 0.15) is 5.82 Å². The van der Waals surface area contributed by atoms with Gasteiger partial charge in [0.05, 0.1) is 7.11 Å². The van der Waals surface area contributed by atoms with Gasteiger partial charge < -0.3 is 15.6 Å². The summed E-state index contributed by atoms with van der Waals surface area (Å²) in [4.78, 5) is 0. The third-order valence-corrected chi connectivity index (χ3v) is 2.00. The van der Waals surface area contributed by atoms with E-state index in [1.54, 1.807) is 0 Å². The van der Waals surface area contributed by atoms with Crippen LogP contribution in [0.5, 0.6) is 11.5 Å². The average molecular weight is 199 g/mol. The molecule has 14 heavy (non-hydrogen) atoms. The summed E-state index contributed by atoms with van der Waals surface area (Å²) in [5, 5.41) is 9.39. The van der Waals surface area contributed by atoms with E-state index in [1.165, 1.54) is 19.2 Å². The van der Waals surface area contributed by atoms with Gasteiger partial charge in [-0.1, -0.05) is 0 Å². The van der Waals surface area contributed by atoms with E-state index in [1.807, 2.05) is 0 Å². The maximum absolute atomic E-state index is 13.3. The van der Waals surface area contributed by atoms with Crippen LogP contribution in [-0.2, 0) is 6.42 Å². The van der Waals surface area contributed by atoms with Gasteiger partial charge in [-0.15, -0.1) is 0 Å². The number of hydrogen-bond acceptors (Lipinski definition) is 3. The topological polar surface area (TPSA) is 55.5 Å². The van der Waals surface area contributed by atoms with Crippen LogP contribution in [0.15, 0.2) is 12.1 Å². The number of aryl methyl sites for hydroxylation is 1. The van der Waals surface area contributed by atoms with Crippen LogP contribution in [0.1, 0.15) is 12.0 Å². The molecule has 0 heterocycles. The summed E-state index contributed by atoms with van der Waals surface area (Å²) in [7, 11) is 1.38. The lowest BCUT2D eigenvalue weighted by molar-refractivity contribution is 0.369. The highest BCUT2D eigenvalue weighted by atomic mass is 19.1. The SMILES string of the molecule is COc1cc(F)c(CCCN)cc1O. The van der Waals surface area contributed by atoms with Crippen LogP contribution >= 0.6 is 0 Å². The van der Waals surface area contributed by atoms with Crippen LogP contribution in [0, 0.1) is 5.82 Å². The number of nitrogens with two attached hydrogens (primary N) is 1. The molecule has 1 aromatic carbocycles. The van der Waals surface area contributed by atoms with Crippen molar-refractivity contribution in [2.45, 2.75) is 12.8 Å². The summed E-state index contributed by atoms with van der Waals surface area (Å²) in [6, 6.07) is 2.56. The van der Waals surface area contributed by atoms with Crippen molar-refractivity contribution in [3.63, 3.8) is 0 Å². The van der Waals surface area contributed by atoms with Crippen LogP contribution in [0.3, 0.4) is 0 Å². The lowest BCUT2D eigenvalue weighted by atomic mass is 10.1. The molecule has 0 aliphatic heterocycles. The summed E-state index contributed by atoms with van der Waals surface area (Å²) in [6.45, 7) is 0.506. The molecule has 1 aromatic rings. The number of hydrogen-bond donors (Lipinski definition) is 2. The van der Waals surface area contributed by atoms with Crippen LogP contribution in [0.25, 0.3) is 0 Å². The maximum Gasteiger partial charge on any atom is 0.163 e. The molecule has 0 spiro atoms. The Morgan fingerprint density at radius 1 is 1.50 bits per heavy atom. The molecule has 78 valence electrons. The third kappa shape index (κ3) is 2.35. The van der Waals surface area contributed by atoms with E-state index in [-0.39, 0.29) is 17.3 Å². The monoisotopic (exact) mass is 199 g/mol. The van der Waals surface area contributed by atoms with Crippen molar-refractivity contribution in [3.8, 4) is 11.5 Å². The molecule has 0 radical (unpaired) electrons. The molecule has 1 rings (SSSR count). The number of methoxy groups -OCH3 is 1. The molecule has 0 amide bonds. The zero-order valence-electron chi connectivity index (χ0n) is 8.09. The van der Waals surface area contributed by atoms with Crippen molar-refractivity contribution >= 4 is 0 Å². The van der Waals surface area contributed by atoms with Crippen LogP contribution in [0.2, 0.25) is 0 Å². The third-order valence-electron chi connectivity index (χ3n) is 2.00. The Hall–Kier alpha value is -1.29. The Morgan fingerprint density at radius 3 is 2.79 bits per heavy atom. The maximum atomic E-state index is 13.3. The summed E-state index contributed by atoms with van der Waals surface area (Å²) in [6.07, 6.45) is 1.22. The Kier molecular flexibility index (Phi) is 3.71. The smallest absolute Gasteiger partial charge is 0.163 e. The van der Waals surface area contributed by atoms with E-state index in [0.29, 0.717) is 24.9 Å². The molecular weight excluding hydrogens is 185 g/mol. The second kappa shape index (κ2) is 4.81. The Labute approximate surface area is 82.3 Å². The molecule has 0 saturated heterocycles. The van der Waals surface area contributed by atoms with Crippen molar-refractivity contribution in [2.75, 3.05) is 13.7 Å². The van der Waals surface area contributed by atoms with Crippen molar-refractivity contribution in [3.05, 3.63) is 23.5 Å². The van der Waals surface area contributed by atoms with Gasteiger partial charge in [0.25, 0.3) is 0 Å². The molecule has 0 saturated carbocycles. The zero-order valence-corrected chi connectivity index (χ0v) is 8.09. The van der Waals surface area contributed by atoms with E-state index in [9.17, 15) is 9.50 Å². The Bertz CT molecular complexity index is 315. The molecule has 4 heteroatoms. The average Bonchev–Trinajstić information content (AvgIpc) is 2.18. The van der Waals surface area contributed by atoms with Crippen LogP contribution in [-0.4, -0.2) is 18.8 Å². The summed E-state index contributed by atoms with van der Waals surface area (Å²) >= 11 is 0. The van der Waals surface area contributed by atoms with E-state index in [4.69, 9.17) is 10.5 Å². The predicted octanol–water partition coefficient (Wildman–Crippen LogP) is 1.43. The molecule has 3 nitrogen and oxygen atoms in total. The molecule has 0 bridgehead atoms. The highest BCUT2D eigenvalue weighted by molar-refractivity contribution is 5.42.